The van der Waals surface area contributed by atoms with Crippen molar-refractivity contribution in [2.24, 2.45) is 0 Å². The fourth-order valence-corrected chi connectivity index (χ4v) is 1.63. The van der Waals surface area contributed by atoms with Crippen molar-refractivity contribution < 1.29 is 30.3 Å². The van der Waals surface area contributed by atoms with Gasteiger partial charge in [0.25, 0.3) is 0 Å². The van der Waals surface area contributed by atoms with E-state index < -0.39 is 30.4 Å². The minimum Gasteiger partial charge on any atom is -0.479 e. The van der Waals surface area contributed by atoms with Crippen LogP contribution in [0.4, 0.5) is 0 Å². The maximum atomic E-state index is 11.1. The van der Waals surface area contributed by atoms with Crippen LogP contribution in [-0.2, 0) is 11.2 Å². The van der Waals surface area contributed by atoms with Crippen LogP contribution in [0.5, 0.6) is 0 Å². The van der Waals surface area contributed by atoms with Gasteiger partial charge in [0, 0.05) is 6.42 Å². The summed E-state index contributed by atoms with van der Waals surface area (Å²) in [5, 5.41) is 46.6. The van der Waals surface area contributed by atoms with Crippen molar-refractivity contribution in [1.29, 1.82) is 0 Å². The molecule has 0 aliphatic rings. The molecule has 0 spiro atoms. The molecule has 1 rings (SSSR count). The first-order valence-corrected chi connectivity index (χ1v) is 5.38. The molecule has 0 unspecified atom stereocenters. The second-order valence-corrected chi connectivity index (χ2v) is 4.09. The zero-order valence-electron chi connectivity index (χ0n) is 9.60. The van der Waals surface area contributed by atoms with E-state index in [1.54, 1.807) is 30.3 Å². The summed E-state index contributed by atoms with van der Waals surface area (Å²) in [6.45, 7) is -0.842. The third kappa shape index (κ3) is 3.05. The molecule has 18 heavy (non-hydrogen) atoms. The van der Waals surface area contributed by atoms with Crippen LogP contribution in [0.2, 0.25) is 0 Å². The van der Waals surface area contributed by atoms with Gasteiger partial charge in [-0.3, -0.25) is 0 Å². The number of aliphatic hydroxyl groups excluding tert-OH is 3. The molecule has 0 aliphatic heterocycles. The Morgan fingerprint density at radius 3 is 2.22 bits per heavy atom. The molecule has 1 aromatic rings. The fourth-order valence-electron chi connectivity index (χ4n) is 1.63. The molecule has 0 aliphatic carbocycles. The summed E-state index contributed by atoms with van der Waals surface area (Å²) in [7, 11) is 0. The Morgan fingerprint density at radius 1 is 1.22 bits per heavy atom. The zero-order valence-corrected chi connectivity index (χ0v) is 9.60. The number of carboxylic acids is 1. The Kier molecular flexibility index (Phi) is 4.80. The fraction of sp³-hybridized carbons (Fsp3) is 0.417. The molecule has 1 aromatic carbocycles. The summed E-state index contributed by atoms with van der Waals surface area (Å²) in [5.74, 6) is -1.66. The second-order valence-electron chi connectivity index (χ2n) is 4.09. The third-order valence-electron chi connectivity index (χ3n) is 2.73. The Balaban J connectivity index is 2.97. The molecule has 0 aromatic heterocycles. The lowest BCUT2D eigenvalue weighted by Crippen LogP contribution is -2.57. The third-order valence-corrected chi connectivity index (χ3v) is 2.73. The average molecular weight is 256 g/mol. The SMILES string of the molecule is O=C(O)[C@](O)(Cc1ccccc1)[C@H](O)[C@H](O)CO. The molecular formula is C12H16O6. The van der Waals surface area contributed by atoms with Crippen molar-refractivity contribution in [3.63, 3.8) is 0 Å². The normalized spacial score (nSPS) is 17.8. The van der Waals surface area contributed by atoms with E-state index >= 15 is 0 Å². The standard InChI is InChI=1S/C12H16O6/c13-7-9(14)10(15)12(18,11(16)17)6-8-4-2-1-3-5-8/h1-5,9-10,13-15,18H,6-7H2,(H,16,17)/t9-,10-,12+/m1/s1. The van der Waals surface area contributed by atoms with Gasteiger partial charge in [0.2, 0.25) is 0 Å². The number of aliphatic hydroxyl groups is 4. The molecule has 100 valence electrons. The predicted octanol–water partition coefficient (Wildman–Crippen LogP) is -1.24. The van der Waals surface area contributed by atoms with Gasteiger partial charge in [-0.1, -0.05) is 30.3 Å². The Labute approximate surface area is 104 Å². The summed E-state index contributed by atoms with van der Waals surface area (Å²) >= 11 is 0. The van der Waals surface area contributed by atoms with Gasteiger partial charge < -0.3 is 25.5 Å². The van der Waals surface area contributed by atoms with E-state index in [0.717, 1.165) is 0 Å². The smallest absolute Gasteiger partial charge is 0.338 e. The topological polar surface area (TPSA) is 118 Å². The van der Waals surface area contributed by atoms with Crippen LogP contribution in [0.3, 0.4) is 0 Å². The van der Waals surface area contributed by atoms with Gasteiger partial charge in [-0.2, -0.15) is 0 Å². The monoisotopic (exact) mass is 256 g/mol. The molecule has 0 saturated carbocycles. The molecule has 0 saturated heterocycles. The second kappa shape index (κ2) is 5.92. The van der Waals surface area contributed by atoms with E-state index in [1.165, 1.54) is 0 Å². The summed E-state index contributed by atoms with van der Waals surface area (Å²) in [6.07, 6.45) is -4.09. The van der Waals surface area contributed by atoms with E-state index in [2.05, 4.69) is 0 Å². The van der Waals surface area contributed by atoms with Crippen LogP contribution in [0.1, 0.15) is 5.56 Å². The highest BCUT2D eigenvalue weighted by molar-refractivity contribution is 5.78. The molecule has 0 heterocycles. The van der Waals surface area contributed by atoms with Crippen molar-refractivity contribution in [1.82, 2.24) is 0 Å². The zero-order chi connectivity index (χ0) is 13.8. The number of hydrogen-bond donors (Lipinski definition) is 5. The molecule has 3 atom stereocenters. The van der Waals surface area contributed by atoms with Gasteiger partial charge in [-0.15, -0.1) is 0 Å². The van der Waals surface area contributed by atoms with E-state index in [4.69, 9.17) is 10.2 Å². The highest BCUT2D eigenvalue weighted by Gasteiger charge is 2.46. The van der Waals surface area contributed by atoms with Crippen LogP contribution >= 0.6 is 0 Å². The van der Waals surface area contributed by atoms with Crippen molar-refractivity contribution >= 4 is 5.97 Å². The highest BCUT2D eigenvalue weighted by atomic mass is 16.4. The Hall–Kier alpha value is -1.47. The maximum absolute atomic E-state index is 11.1. The summed E-state index contributed by atoms with van der Waals surface area (Å²) in [4.78, 5) is 11.1. The highest BCUT2D eigenvalue weighted by Crippen LogP contribution is 2.20. The van der Waals surface area contributed by atoms with Gasteiger partial charge in [0.1, 0.15) is 12.2 Å². The van der Waals surface area contributed by atoms with Crippen LogP contribution < -0.4 is 0 Å². The molecule has 0 amide bonds. The quantitative estimate of drug-likeness (QED) is 0.434. The number of rotatable bonds is 6. The van der Waals surface area contributed by atoms with Gasteiger partial charge in [-0.05, 0) is 5.56 Å². The van der Waals surface area contributed by atoms with Crippen molar-refractivity contribution in [2.75, 3.05) is 6.61 Å². The van der Waals surface area contributed by atoms with Crippen molar-refractivity contribution in [2.45, 2.75) is 24.2 Å². The van der Waals surface area contributed by atoms with E-state index in [1.807, 2.05) is 0 Å². The molecule has 6 nitrogen and oxygen atoms in total. The first-order chi connectivity index (χ1) is 8.41. The molecule has 0 radical (unpaired) electrons. The number of carboxylic acid groups (broad SMARTS) is 1. The van der Waals surface area contributed by atoms with Gasteiger partial charge in [-0.25, -0.2) is 4.79 Å². The van der Waals surface area contributed by atoms with Gasteiger partial charge >= 0.3 is 5.97 Å². The van der Waals surface area contributed by atoms with E-state index in [-0.39, 0.29) is 6.42 Å². The van der Waals surface area contributed by atoms with Crippen molar-refractivity contribution in [3.05, 3.63) is 35.9 Å². The van der Waals surface area contributed by atoms with Gasteiger partial charge in [0.05, 0.1) is 6.61 Å². The lowest BCUT2D eigenvalue weighted by Gasteiger charge is -2.31. The largest absolute Gasteiger partial charge is 0.479 e. The lowest BCUT2D eigenvalue weighted by atomic mass is 9.86. The molecular weight excluding hydrogens is 240 g/mol. The number of hydrogen-bond acceptors (Lipinski definition) is 5. The van der Waals surface area contributed by atoms with Crippen LogP contribution in [0.25, 0.3) is 0 Å². The number of aliphatic carboxylic acids is 1. The molecule has 0 bridgehead atoms. The molecule has 0 fully saturated rings. The minimum atomic E-state index is -2.55. The number of benzene rings is 1. The Morgan fingerprint density at radius 2 is 1.78 bits per heavy atom. The first kappa shape index (κ1) is 14.6. The van der Waals surface area contributed by atoms with Crippen molar-refractivity contribution in [3.8, 4) is 0 Å². The maximum Gasteiger partial charge on any atom is 0.338 e. The molecule has 5 N–H and O–H groups in total. The summed E-state index contributed by atoms with van der Waals surface area (Å²) in [5.41, 5.74) is -2.06. The molecule has 6 heteroatoms. The van der Waals surface area contributed by atoms with Crippen LogP contribution in [-0.4, -0.2) is 55.9 Å². The average Bonchev–Trinajstić information content (AvgIpc) is 2.37. The van der Waals surface area contributed by atoms with Gasteiger partial charge in [0.15, 0.2) is 5.60 Å². The van der Waals surface area contributed by atoms with Crippen LogP contribution in [0.15, 0.2) is 30.3 Å². The van der Waals surface area contributed by atoms with Crippen LogP contribution in [0, 0.1) is 0 Å². The number of carbonyl (C=O) groups is 1. The summed E-state index contributed by atoms with van der Waals surface area (Å²) < 4.78 is 0. The lowest BCUT2D eigenvalue weighted by molar-refractivity contribution is -0.183. The first-order valence-electron chi connectivity index (χ1n) is 5.38. The predicted molar refractivity (Wildman–Crippen MR) is 61.8 cm³/mol. The minimum absolute atomic E-state index is 0.374. The summed E-state index contributed by atoms with van der Waals surface area (Å²) in [6, 6.07) is 8.22. The van der Waals surface area contributed by atoms with E-state index in [0.29, 0.717) is 5.56 Å². The Bertz CT molecular complexity index is 393. The van der Waals surface area contributed by atoms with E-state index in [9.17, 15) is 20.1 Å².